The highest BCUT2D eigenvalue weighted by atomic mass is 32.2. The molecule has 1 aliphatic carbocycles. The molecule has 2 saturated heterocycles. The zero-order valence-corrected chi connectivity index (χ0v) is 19.2. The van der Waals surface area contributed by atoms with Crippen LogP contribution in [0.2, 0.25) is 0 Å². The van der Waals surface area contributed by atoms with Crippen molar-refractivity contribution in [1.82, 2.24) is 9.62 Å². The van der Waals surface area contributed by atoms with E-state index in [9.17, 15) is 26.4 Å². The molecule has 180 valence electrons. The van der Waals surface area contributed by atoms with Crippen LogP contribution in [0, 0.1) is 16.7 Å². The van der Waals surface area contributed by atoms with Crippen molar-refractivity contribution in [1.29, 1.82) is 5.26 Å². The number of alkyl halides is 3. The zero-order chi connectivity index (χ0) is 24.0. The van der Waals surface area contributed by atoms with E-state index in [1.807, 2.05) is 4.90 Å². The SMILES string of the molecule is CCS(=O)(=O)N1CC2(CCN(c3ccc(C#N)c(C(F)(F)F)c3)CC2)CC1C(=O)NC1CC1. The lowest BCUT2D eigenvalue weighted by atomic mass is 9.76. The van der Waals surface area contributed by atoms with Crippen molar-refractivity contribution in [2.75, 3.05) is 30.3 Å². The van der Waals surface area contributed by atoms with Crippen molar-refractivity contribution in [2.24, 2.45) is 5.41 Å². The number of piperidine rings is 1. The van der Waals surface area contributed by atoms with Crippen molar-refractivity contribution in [2.45, 2.75) is 57.3 Å². The second-order valence-corrected chi connectivity index (χ2v) is 11.5. The van der Waals surface area contributed by atoms with E-state index in [1.165, 1.54) is 16.4 Å². The molecule has 0 aromatic heterocycles. The Kier molecular flexibility index (Phi) is 6.12. The monoisotopic (exact) mass is 484 g/mol. The van der Waals surface area contributed by atoms with Crippen LogP contribution in [-0.4, -0.2) is 56.1 Å². The number of carbonyl (C=O) groups is 1. The Morgan fingerprint density at radius 3 is 2.48 bits per heavy atom. The van der Waals surface area contributed by atoms with E-state index in [0.29, 0.717) is 38.0 Å². The molecule has 7 nitrogen and oxygen atoms in total. The Labute approximate surface area is 191 Å². The number of benzene rings is 1. The normalized spacial score (nSPS) is 23.5. The third kappa shape index (κ3) is 4.82. The number of hydrogen-bond donors (Lipinski definition) is 1. The summed E-state index contributed by atoms with van der Waals surface area (Å²) in [5.41, 5.74) is -1.37. The van der Waals surface area contributed by atoms with Crippen LogP contribution >= 0.6 is 0 Å². The third-order valence-corrected chi connectivity index (χ3v) is 8.86. The second kappa shape index (κ2) is 8.47. The lowest BCUT2D eigenvalue weighted by Crippen LogP contribution is -2.47. The van der Waals surface area contributed by atoms with Gasteiger partial charge in [0.15, 0.2) is 0 Å². The van der Waals surface area contributed by atoms with Gasteiger partial charge in [-0.2, -0.15) is 22.7 Å². The quantitative estimate of drug-likeness (QED) is 0.694. The number of halogens is 3. The van der Waals surface area contributed by atoms with E-state index in [4.69, 9.17) is 5.26 Å². The molecule has 2 aliphatic heterocycles. The first-order chi connectivity index (χ1) is 15.5. The molecule has 1 N–H and O–H groups in total. The van der Waals surface area contributed by atoms with Crippen LogP contribution in [-0.2, 0) is 21.0 Å². The minimum Gasteiger partial charge on any atom is -0.371 e. The molecule has 3 aliphatic rings. The van der Waals surface area contributed by atoms with Gasteiger partial charge in [0.05, 0.1) is 22.9 Å². The number of rotatable bonds is 5. The van der Waals surface area contributed by atoms with Crippen molar-refractivity contribution < 1.29 is 26.4 Å². The van der Waals surface area contributed by atoms with Gasteiger partial charge in [0.1, 0.15) is 6.04 Å². The molecule has 1 aromatic carbocycles. The van der Waals surface area contributed by atoms with E-state index in [2.05, 4.69) is 5.32 Å². The van der Waals surface area contributed by atoms with Gasteiger partial charge in [-0.25, -0.2) is 8.42 Å². The van der Waals surface area contributed by atoms with Gasteiger partial charge < -0.3 is 10.2 Å². The molecular weight excluding hydrogens is 457 g/mol. The summed E-state index contributed by atoms with van der Waals surface area (Å²) in [4.78, 5) is 14.6. The number of nitrogens with zero attached hydrogens (tertiary/aromatic N) is 3. The molecule has 4 rings (SSSR count). The molecule has 3 fully saturated rings. The molecule has 0 radical (unpaired) electrons. The minimum absolute atomic E-state index is 0.0894. The molecular formula is C22H27F3N4O3S. The number of sulfonamides is 1. The third-order valence-electron chi connectivity index (χ3n) is 7.03. The first-order valence-electron chi connectivity index (χ1n) is 11.1. The summed E-state index contributed by atoms with van der Waals surface area (Å²) >= 11 is 0. The Morgan fingerprint density at radius 1 is 1.27 bits per heavy atom. The van der Waals surface area contributed by atoms with Crippen LogP contribution in [0.4, 0.5) is 18.9 Å². The molecule has 1 saturated carbocycles. The van der Waals surface area contributed by atoms with Gasteiger partial charge in [0, 0.05) is 31.4 Å². The average Bonchev–Trinajstić information content (AvgIpc) is 3.51. The summed E-state index contributed by atoms with van der Waals surface area (Å²) in [5, 5.41) is 11.9. The standard InChI is InChI=1S/C22H27F3N4O3S/c1-2-33(31,32)29-14-21(12-19(29)20(30)27-16-4-5-16)7-9-28(10-8-21)17-6-3-15(13-26)18(11-17)22(23,24)25/h3,6,11,16,19H,2,4-5,7-10,12,14H2,1H3,(H,27,30). The predicted molar refractivity (Wildman–Crippen MR) is 116 cm³/mol. The number of carbonyl (C=O) groups excluding carboxylic acids is 1. The van der Waals surface area contributed by atoms with Crippen molar-refractivity contribution >= 4 is 21.6 Å². The smallest absolute Gasteiger partial charge is 0.371 e. The molecule has 0 bridgehead atoms. The fraction of sp³-hybridized carbons (Fsp3) is 0.636. The maximum atomic E-state index is 13.4. The van der Waals surface area contributed by atoms with Gasteiger partial charge >= 0.3 is 6.18 Å². The van der Waals surface area contributed by atoms with Gasteiger partial charge in [-0.1, -0.05) is 0 Å². The Balaban J connectivity index is 1.51. The highest BCUT2D eigenvalue weighted by Gasteiger charge is 2.52. The lowest BCUT2D eigenvalue weighted by molar-refractivity contribution is -0.137. The number of anilines is 1. The summed E-state index contributed by atoms with van der Waals surface area (Å²) in [6, 6.07) is 4.68. The molecule has 2 heterocycles. The van der Waals surface area contributed by atoms with Gasteiger partial charge in [0.2, 0.25) is 15.9 Å². The van der Waals surface area contributed by atoms with Crippen molar-refractivity contribution in [3.63, 3.8) is 0 Å². The van der Waals surface area contributed by atoms with E-state index < -0.39 is 33.4 Å². The summed E-state index contributed by atoms with van der Waals surface area (Å²) in [6.07, 6.45) is -1.26. The molecule has 1 amide bonds. The Morgan fingerprint density at radius 2 is 1.94 bits per heavy atom. The Bertz CT molecular complexity index is 1070. The lowest BCUT2D eigenvalue weighted by Gasteiger charge is -2.40. The zero-order valence-electron chi connectivity index (χ0n) is 18.4. The number of nitriles is 1. The van der Waals surface area contributed by atoms with Gasteiger partial charge in [-0.05, 0) is 62.6 Å². The minimum atomic E-state index is -4.62. The average molecular weight is 485 g/mol. The van der Waals surface area contributed by atoms with Crippen LogP contribution < -0.4 is 10.2 Å². The van der Waals surface area contributed by atoms with E-state index >= 15 is 0 Å². The van der Waals surface area contributed by atoms with Crippen LogP contribution in [0.1, 0.15) is 50.2 Å². The largest absolute Gasteiger partial charge is 0.417 e. The van der Waals surface area contributed by atoms with Crippen molar-refractivity contribution in [3.05, 3.63) is 29.3 Å². The summed E-state index contributed by atoms with van der Waals surface area (Å²) in [7, 11) is -3.57. The summed E-state index contributed by atoms with van der Waals surface area (Å²) in [5.74, 6) is -0.343. The van der Waals surface area contributed by atoms with E-state index in [0.717, 1.165) is 18.9 Å². The second-order valence-electron chi connectivity index (χ2n) is 9.28. The van der Waals surface area contributed by atoms with Crippen LogP contribution in [0.3, 0.4) is 0 Å². The maximum absolute atomic E-state index is 13.4. The number of amides is 1. The molecule has 1 spiro atoms. The Hall–Kier alpha value is -2.32. The first kappa shape index (κ1) is 23.8. The van der Waals surface area contributed by atoms with Gasteiger partial charge in [-0.3, -0.25) is 4.79 Å². The van der Waals surface area contributed by atoms with E-state index in [1.54, 1.807) is 13.0 Å². The molecule has 1 unspecified atom stereocenters. The molecule has 33 heavy (non-hydrogen) atoms. The van der Waals surface area contributed by atoms with E-state index in [-0.39, 0.29) is 29.7 Å². The van der Waals surface area contributed by atoms with Gasteiger partial charge in [-0.15, -0.1) is 0 Å². The number of nitrogens with one attached hydrogen (secondary N) is 1. The summed E-state index contributed by atoms with van der Waals surface area (Å²) < 4.78 is 66.9. The van der Waals surface area contributed by atoms with Crippen LogP contribution in [0.5, 0.6) is 0 Å². The van der Waals surface area contributed by atoms with Crippen LogP contribution in [0.25, 0.3) is 0 Å². The predicted octanol–water partition coefficient (Wildman–Crippen LogP) is 2.87. The fourth-order valence-electron chi connectivity index (χ4n) is 4.89. The molecule has 1 aromatic rings. The van der Waals surface area contributed by atoms with Gasteiger partial charge in [0.25, 0.3) is 0 Å². The summed E-state index contributed by atoms with van der Waals surface area (Å²) in [6.45, 7) is 2.70. The first-order valence-corrected chi connectivity index (χ1v) is 12.8. The highest BCUT2D eigenvalue weighted by molar-refractivity contribution is 7.89. The fourth-order valence-corrected chi connectivity index (χ4v) is 6.25. The molecule has 11 heteroatoms. The molecule has 1 atom stereocenters. The van der Waals surface area contributed by atoms with Crippen molar-refractivity contribution in [3.8, 4) is 6.07 Å². The topological polar surface area (TPSA) is 93.5 Å². The number of hydrogen-bond acceptors (Lipinski definition) is 5. The maximum Gasteiger partial charge on any atom is 0.417 e. The highest BCUT2D eigenvalue weighted by Crippen LogP contribution is 2.46. The van der Waals surface area contributed by atoms with Crippen LogP contribution in [0.15, 0.2) is 18.2 Å².